The maximum Gasteiger partial charge on any atom is 0.262 e. The van der Waals surface area contributed by atoms with E-state index >= 15 is 0 Å². The summed E-state index contributed by atoms with van der Waals surface area (Å²) in [5.41, 5.74) is 1.19. The van der Waals surface area contributed by atoms with Crippen LogP contribution in [0.2, 0.25) is 0 Å². The van der Waals surface area contributed by atoms with Gasteiger partial charge in [0.2, 0.25) is 0 Å². The predicted molar refractivity (Wildman–Crippen MR) is 102 cm³/mol. The zero-order chi connectivity index (χ0) is 19.2. The van der Waals surface area contributed by atoms with Crippen LogP contribution in [0.25, 0.3) is 6.08 Å². The molecule has 1 heterocycles. The number of ether oxygens (including phenoxy) is 1. The van der Waals surface area contributed by atoms with Gasteiger partial charge in [0.05, 0.1) is 12.2 Å². The highest BCUT2D eigenvalue weighted by molar-refractivity contribution is 6.05. The summed E-state index contributed by atoms with van der Waals surface area (Å²) in [6.45, 7) is 2.62. The molecule has 5 nitrogen and oxygen atoms in total. The Morgan fingerprint density at radius 3 is 2.85 bits per heavy atom. The molecular formula is C21H21FN2O3. The summed E-state index contributed by atoms with van der Waals surface area (Å²) in [5, 5.41) is 2.79. The second-order valence-electron chi connectivity index (χ2n) is 6.20. The lowest BCUT2D eigenvalue weighted by Gasteiger charge is -2.33. The average Bonchev–Trinajstić information content (AvgIpc) is 2.69. The standard InChI is InChI=1S/C21H21FN2O3/c1-2-12-23-21(26)19-14-24(17-8-3-4-9-18(17)27-19)20(25)11-10-15-6-5-7-16(22)13-15/h3-11,13,19H,2,12,14H2,1H3,(H,23,26)/b11-10+/t19-/m0/s1. The fourth-order valence-corrected chi connectivity index (χ4v) is 2.81. The van der Waals surface area contributed by atoms with Crippen LogP contribution in [0.5, 0.6) is 5.75 Å². The Balaban J connectivity index is 1.81. The summed E-state index contributed by atoms with van der Waals surface area (Å²) in [4.78, 5) is 26.6. The van der Waals surface area contributed by atoms with Gasteiger partial charge in [-0.05, 0) is 42.3 Å². The van der Waals surface area contributed by atoms with Crippen LogP contribution in [0.1, 0.15) is 18.9 Å². The molecule has 0 aromatic heterocycles. The van der Waals surface area contributed by atoms with Gasteiger partial charge in [-0.3, -0.25) is 9.59 Å². The lowest BCUT2D eigenvalue weighted by atomic mass is 10.1. The normalized spacial score (nSPS) is 15.9. The lowest BCUT2D eigenvalue weighted by molar-refractivity contribution is -0.128. The molecule has 3 rings (SSSR count). The van der Waals surface area contributed by atoms with Crippen molar-refractivity contribution in [3.8, 4) is 5.75 Å². The van der Waals surface area contributed by atoms with Crippen molar-refractivity contribution in [1.82, 2.24) is 5.32 Å². The molecule has 0 saturated carbocycles. The van der Waals surface area contributed by atoms with E-state index in [4.69, 9.17) is 4.74 Å². The number of carbonyl (C=O) groups excluding carboxylic acids is 2. The number of para-hydroxylation sites is 2. The predicted octanol–water partition coefficient (Wildman–Crippen LogP) is 3.16. The number of nitrogens with zero attached hydrogens (tertiary/aromatic N) is 1. The van der Waals surface area contributed by atoms with Crippen molar-refractivity contribution in [2.45, 2.75) is 19.4 Å². The molecule has 140 valence electrons. The van der Waals surface area contributed by atoms with Gasteiger partial charge in [-0.25, -0.2) is 4.39 Å². The number of rotatable bonds is 5. The number of hydrogen-bond acceptors (Lipinski definition) is 3. The Kier molecular flexibility index (Phi) is 5.86. The first-order valence-electron chi connectivity index (χ1n) is 8.87. The van der Waals surface area contributed by atoms with E-state index in [0.717, 1.165) is 6.42 Å². The molecule has 1 aliphatic heterocycles. The molecule has 27 heavy (non-hydrogen) atoms. The summed E-state index contributed by atoms with van der Waals surface area (Å²) >= 11 is 0. The summed E-state index contributed by atoms with van der Waals surface area (Å²) in [6.07, 6.45) is 2.96. The number of hydrogen-bond donors (Lipinski definition) is 1. The van der Waals surface area contributed by atoms with Crippen LogP contribution in [0, 0.1) is 5.82 Å². The zero-order valence-corrected chi connectivity index (χ0v) is 15.0. The number of anilines is 1. The van der Waals surface area contributed by atoms with Crippen LogP contribution in [-0.2, 0) is 9.59 Å². The molecule has 0 unspecified atom stereocenters. The van der Waals surface area contributed by atoms with E-state index in [0.29, 0.717) is 23.5 Å². The van der Waals surface area contributed by atoms with Gasteiger partial charge < -0.3 is 15.0 Å². The van der Waals surface area contributed by atoms with E-state index in [1.165, 1.54) is 23.1 Å². The summed E-state index contributed by atoms with van der Waals surface area (Å²) in [6, 6.07) is 13.1. The molecule has 0 aliphatic carbocycles. The summed E-state index contributed by atoms with van der Waals surface area (Å²) in [5.74, 6) is -0.441. The highest BCUT2D eigenvalue weighted by Gasteiger charge is 2.32. The first kappa shape index (κ1) is 18.6. The maximum atomic E-state index is 13.3. The van der Waals surface area contributed by atoms with Crippen LogP contribution >= 0.6 is 0 Å². The maximum absolute atomic E-state index is 13.3. The molecule has 1 N–H and O–H groups in total. The summed E-state index contributed by atoms with van der Waals surface area (Å²) < 4.78 is 19.1. The topological polar surface area (TPSA) is 58.6 Å². The number of amides is 2. The van der Waals surface area contributed by atoms with E-state index in [9.17, 15) is 14.0 Å². The van der Waals surface area contributed by atoms with Crippen molar-refractivity contribution in [2.75, 3.05) is 18.0 Å². The van der Waals surface area contributed by atoms with Gasteiger partial charge >= 0.3 is 0 Å². The second-order valence-corrected chi connectivity index (χ2v) is 6.20. The van der Waals surface area contributed by atoms with E-state index in [1.807, 2.05) is 6.92 Å². The smallest absolute Gasteiger partial charge is 0.262 e. The fraction of sp³-hybridized carbons (Fsp3) is 0.238. The quantitative estimate of drug-likeness (QED) is 0.825. The third kappa shape index (κ3) is 4.53. The Hall–Kier alpha value is -3.15. The molecule has 0 spiro atoms. The summed E-state index contributed by atoms with van der Waals surface area (Å²) in [7, 11) is 0. The first-order chi connectivity index (χ1) is 13.1. The highest BCUT2D eigenvalue weighted by Crippen LogP contribution is 2.33. The van der Waals surface area contributed by atoms with E-state index in [1.54, 1.807) is 42.5 Å². The molecule has 2 aromatic rings. The van der Waals surface area contributed by atoms with E-state index in [2.05, 4.69) is 5.32 Å². The zero-order valence-electron chi connectivity index (χ0n) is 15.0. The van der Waals surface area contributed by atoms with Gasteiger partial charge in [-0.1, -0.05) is 31.2 Å². The third-order valence-electron chi connectivity index (χ3n) is 4.15. The van der Waals surface area contributed by atoms with Crippen molar-refractivity contribution in [2.24, 2.45) is 0 Å². The number of carbonyl (C=O) groups is 2. The Labute approximate surface area is 157 Å². The molecule has 6 heteroatoms. The first-order valence-corrected chi connectivity index (χ1v) is 8.87. The van der Waals surface area contributed by atoms with Gasteiger partial charge in [-0.15, -0.1) is 0 Å². The molecule has 0 fully saturated rings. The molecule has 0 radical (unpaired) electrons. The monoisotopic (exact) mass is 368 g/mol. The van der Waals surface area contributed by atoms with Crippen molar-refractivity contribution in [3.05, 3.63) is 66.0 Å². The van der Waals surface area contributed by atoms with Crippen molar-refractivity contribution in [1.29, 1.82) is 0 Å². The molecule has 0 saturated heterocycles. The Morgan fingerprint density at radius 2 is 2.07 bits per heavy atom. The molecule has 2 amide bonds. The lowest BCUT2D eigenvalue weighted by Crippen LogP contribution is -2.50. The van der Waals surface area contributed by atoms with Crippen LogP contribution < -0.4 is 15.0 Å². The second kappa shape index (κ2) is 8.49. The minimum absolute atomic E-state index is 0.110. The Morgan fingerprint density at radius 1 is 1.26 bits per heavy atom. The van der Waals surface area contributed by atoms with Crippen LogP contribution in [-0.4, -0.2) is 31.0 Å². The minimum Gasteiger partial charge on any atom is -0.477 e. The van der Waals surface area contributed by atoms with Crippen molar-refractivity contribution < 1.29 is 18.7 Å². The molecular weight excluding hydrogens is 347 g/mol. The molecule has 0 bridgehead atoms. The van der Waals surface area contributed by atoms with Gasteiger partial charge in [0.25, 0.3) is 11.8 Å². The Bertz CT molecular complexity index is 866. The van der Waals surface area contributed by atoms with Crippen LogP contribution in [0.15, 0.2) is 54.6 Å². The van der Waals surface area contributed by atoms with Gasteiger partial charge in [0.15, 0.2) is 6.10 Å². The highest BCUT2D eigenvalue weighted by atomic mass is 19.1. The molecule has 1 aliphatic rings. The largest absolute Gasteiger partial charge is 0.477 e. The number of halogens is 1. The van der Waals surface area contributed by atoms with Crippen LogP contribution in [0.4, 0.5) is 10.1 Å². The third-order valence-corrected chi connectivity index (χ3v) is 4.15. The van der Waals surface area contributed by atoms with Crippen LogP contribution in [0.3, 0.4) is 0 Å². The average molecular weight is 368 g/mol. The van der Waals surface area contributed by atoms with Gasteiger partial charge in [0, 0.05) is 12.6 Å². The molecule has 2 aromatic carbocycles. The van der Waals surface area contributed by atoms with E-state index < -0.39 is 6.10 Å². The van der Waals surface area contributed by atoms with Gasteiger partial charge in [-0.2, -0.15) is 0 Å². The fourth-order valence-electron chi connectivity index (χ4n) is 2.81. The SMILES string of the molecule is CCCNC(=O)[C@@H]1CN(C(=O)/C=C/c2cccc(F)c2)c2ccccc2O1. The number of fused-ring (bicyclic) bond motifs is 1. The van der Waals surface area contributed by atoms with Crippen molar-refractivity contribution >= 4 is 23.6 Å². The number of benzene rings is 2. The van der Waals surface area contributed by atoms with Crippen molar-refractivity contribution in [3.63, 3.8) is 0 Å². The number of nitrogens with one attached hydrogen (secondary N) is 1. The minimum atomic E-state index is -0.780. The van der Waals surface area contributed by atoms with Gasteiger partial charge in [0.1, 0.15) is 11.6 Å². The van der Waals surface area contributed by atoms with E-state index in [-0.39, 0.29) is 24.2 Å². The molecule has 1 atom stereocenters.